The molecule has 0 atom stereocenters. The molecule has 0 saturated carbocycles. The number of hydrogen-bond acceptors (Lipinski definition) is 5. The van der Waals surface area contributed by atoms with Gasteiger partial charge in [0.05, 0.1) is 30.7 Å². The molecule has 1 aliphatic heterocycles. The van der Waals surface area contributed by atoms with Crippen molar-refractivity contribution >= 4 is 27.3 Å². The molecule has 0 bridgehead atoms. The zero-order chi connectivity index (χ0) is 21.1. The van der Waals surface area contributed by atoms with Gasteiger partial charge in [0.2, 0.25) is 0 Å². The number of amides is 1. The Bertz CT molecular complexity index is 1100. The third-order valence-electron chi connectivity index (χ3n) is 5.30. The zero-order valence-corrected chi connectivity index (χ0v) is 17.6. The molecule has 30 heavy (non-hydrogen) atoms. The molecule has 4 rings (SSSR count). The second kappa shape index (κ2) is 9.07. The van der Waals surface area contributed by atoms with Crippen LogP contribution in [0.15, 0.2) is 41.3 Å². The Labute approximate surface area is 177 Å². The minimum absolute atomic E-state index is 0.209. The highest BCUT2D eigenvalue weighted by Gasteiger charge is 2.20. The average molecular weight is 430 g/mol. The number of fused-ring (bicyclic) bond motifs is 1. The van der Waals surface area contributed by atoms with E-state index in [1.54, 1.807) is 22.9 Å². The van der Waals surface area contributed by atoms with Crippen molar-refractivity contribution in [1.29, 1.82) is 0 Å². The maximum Gasteiger partial charge on any atom is 0.260 e. The maximum absolute atomic E-state index is 13.2. The number of thiophene rings is 1. The molecule has 1 fully saturated rings. The molecule has 6 nitrogen and oxygen atoms in total. The van der Waals surface area contributed by atoms with Gasteiger partial charge in [0.1, 0.15) is 5.82 Å². The van der Waals surface area contributed by atoms with Gasteiger partial charge in [0.25, 0.3) is 11.5 Å². The Morgan fingerprint density at radius 1 is 1.20 bits per heavy atom. The summed E-state index contributed by atoms with van der Waals surface area (Å²) in [7, 11) is 0. The summed E-state index contributed by atoms with van der Waals surface area (Å²) in [6.07, 6.45) is 1.73. The van der Waals surface area contributed by atoms with Crippen molar-refractivity contribution in [3.8, 4) is 0 Å². The number of halogens is 1. The Morgan fingerprint density at radius 2 is 1.93 bits per heavy atom. The largest absolute Gasteiger partial charge is 0.379 e. The highest BCUT2D eigenvalue weighted by molar-refractivity contribution is 7.19. The van der Waals surface area contributed by atoms with Crippen LogP contribution in [0.3, 0.4) is 0 Å². The molecule has 158 valence electrons. The van der Waals surface area contributed by atoms with Gasteiger partial charge in [0.15, 0.2) is 0 Å². The summed E-state index contributed by atoms with van der Waals surface area (Å²) in [6.45, 7) is 6.63. The van der Waals surface area contributed by atoms with E-state index in [0.717, 1.165) is 48.0 Å². The number of aromatic nitrogens is 1. The number of aryl methyl sites for hydroxylation is 1. The van der Waals surface area contributed by atoms with Gasteiger partial charge < -0.3 is 14.6 Å². The minimum Gasteiger partial charge on any atom is -0.379 e. The molecule has 0 unspecified atom stereocenters. The highest BCUT2D eigenvalue weighted by atomic mass is 32.1. The maximum atomic E-state index is 13.2. The molecule has 1 saturated heterocycles. The summed E-state index contributed by atoms with van der Waals surface area (Å²) in [4.78, 5) is 29.1. The summed E-state index contributed by atoms with van der Waals surface area (Å²) in [5.41, 5.74) is 1.07. The lowest BCUT2D eigenvalue weighted by atomic mass is 10.1. The first kappa shape index (κ1) is 20.7. The van der Waals surface area contributed by atoms with Gasteiger partial charge in [-0.1, -0.05) is 12.1 Å². The first-order valence-corrected chi connectivity index (χ1v) is 10.8. The number of nitrogens with zero attached hydrogens (tertiary/aromatic N) is 2. The van der Waals surface area contributed by atoms with Crippen molar-refractivity contribution in [2.75, 3.05) is 39.4 Å². The molecule has 0 spiro atoms. The second-order valence-electron chi connectivity index (χ2n) is 7.36. The zero-order valence-electron chi connectivity index (χ0n) is 16.8. The van der Waals surface area contributed by atoms with E-state index in [2.05, 4.69) is 10.2 Å². The second-order valence-corrected chi connectivity index (χ2v) is 8.61. The van der Waals surface area contributed by atoms with Crippen LogP contribution in [0.4, 0.5) is 4.39 Å². The Kier molecular flexibility index (Phi) is 6.26. The summed E-state index contributed by atoms with van der Waals surface area (Å²) >= 11 is 1.45. The number of morpholine rings is 1. The van der Waals surface area contributed by atoms with Crippen molar-refractivity contribution in [3.05, 3.63) is 68.7 Å². The fraction of sp³-hybridized carbons (Fsp3) is 0.364. The predicted octanol–water partition coefficient (Wildman–Crippen LogP) is 2.62. The van der Waals surface area contributed by atoms with Gasteiger partial charge in [-0.25, -0.2) is 4.39 Å². The van der Waals surface area contributed by atoms with Crippen LogP contribution in [0.25, 0.3) is 10.1 Å². The van der Waals surface area contributed by atoms with Crippen molar-refractivity contribution in [1.82, 2.24) is 14.8 Å². The normalized spacial score (nSPS) is 14.9. The molecular weight excluding hydrogens is 405 g/mol. The minimum atomic E-state index is -0.314. The molecule has 0 aliphatic carbocycles. The van der Waals surface area contributed by atoms with E-state index in [4.69, 9.17) is 4.74 Å². The van der Waals surface area contributed by atoms with E-state index in [1.807, 2.05) is 13.0 Å². The standard InChI is InChI=1S/C22H24FN3O3S/c1-15-19(21(27)24-7-9-25-10-12-29-13-11-25)20-18(30-15)6-8-26(22(20)28)14-16-2-4-17(23)5-3-16/h2-6,8H,7,9-14H2,1H3,(H,24,27). The van der Waals surface area contributed by atoms with E-state index in [9.17, 15) is 14.0 Å². The Balaban J connectivity index is 1.54. The van der Waals surface area contributed by atoms with Gasteiger partial charge in [-0.05, 0) is 30.7 Å². The lowest BCUT2D eigenvalue weighted by Gasteiger charge is -2.26. The fourth-order valence-corrected chi connectivity index (χ4v) is 4.74. The van der Waals surface area contributed by atoms with Crippen LogP contribution in [-0.4, -0.2) is 54.8 Å². The molecule has 3 heterocycles. The van der Waals surface area contributed by atoms with Crippen LogP contribution in [0, 0.1) is 12.7 Å². The van der Waals surface area contributed by atoms with Crippen molar-refractivity contribution in [2.24, 2.45) is 0 Å². The predicted molar refractivity (Wildman–Crippen MR) is 116 cm³/mol. The fourth-order valence-electron chi connectivity index (χ4n) is 3.69. The van der Waals surface area contributed by atoms with Crippen molar-refractivity contribution in [3.63, 3.8) is 0 Å². The summed E-state index contributed by atoms with van der Waals surface area (Å²) < 4.78 is 20.9. The van der Waals surface area contributed by atoms with Crippen LogP contribution in [0.1, 0.15) is 20.8 Å². The van der Waals surface area contributed by atoms with Crippen molar-refractivity contribution in [2.45, 2.75) is 13.5 Å². The monoisotopic (exact) mass is 429 g/mol. The van der Waals surface area contributed by atoms with Gasteiger partial charge in [-0.15, -0.1) is 11.3 Å². The topological polar surface area (TPSA) is 63.6 Å². The Hall–Kier alpha value is -2.55. The molecule has 8 heteroatoms. The molecular formula is C22H24FN3O3S. The van der Waals surface area contributed by atoms with Crippen molar-refractivity contribution < 1.29 is 13.9 Å². The van der Waals surface area contributed by atoms with Gasteiger partial charge in [0, 0.05) is 42.0 Å². The lowest BCUT2D eigenvalue weighted by Crippen LogP contribution is -2.41. The van der Waals surface area contributed by atoms with E-state index in [0.29, 0.717) is 24.0 Å². The average Bonchev–Trinajstić information content (AvgIpc) is 3.09. The van der Waals surface area contributed by atoms with Gasteiger partial charge in [-0.3, -0.25) is 14.5 Å². The number of carbonyl (C=O) groups is 1. The number of benzene rings is 1. The molecule has 0 radical (unpaired) electrons. The van der Waals surface area contributed by atoms with E-state index in [-0.39, 0.29) is 17.3 Å². The molecule has 1 amide bonds. The smallest absolute Gasteiger partial charge is 0.260 e. The summed E-state index contributed by atoms with van der Waals surface area (Å²) in [6, 6.07) is 7.93. The van der Waals surface area contributed by atoms with E-state index >= 15 is 0 Å². The number of rotatable bonds is 6. The molecule has 1 N–H and O–H groups in total. The number of ether oxygens (including phenoxy) is 1. The number of hydrogen-bond donors (Lipinski definition) is 1. The highest BCUT2D eigenvalue weighted by Crippen LogP contribution is 2.28. The summed E-state index contributed by atoms with van der Waals surface area (Å²) in [5, 5.41) is 3.41. The first-order chi connectivity index (χ1) is 14.5. The summed E-state index contributed by atoms with van der Waals surface area (Å²) in [5.74, 6) is -0.533. The van der Waals surface area contributed by atoms with Crippen LogP contribution in [0.5, 0.6) is 0 Å². The van der Waals surface area contributed by atoms with E-state index < -0.39 is 0 Å². The number of nitrogens with one attached hydrogen (secondary N) is 1. The third-order valence-corrected chi connectivity index (χ3v) is 6.37. The first-order valence-electron chi connectivity index (χ1n) is 9.98. The van der Waals surface area contributed by atoms with Crippen LogP contribution in [0.2, 0.25) is 0 Å². The number of carbonyl (C=O) groups excluding carboxylic acids is 1. The molecule has 1 aliphatic rings. The third kappa shape index (κ3) is 4.45. The quantitative estimate of drug-likeness (QED) is 0.654. The molecule has 2 aromatic heterocycles. The SMILES string of the molecule is Cc1sc2ccn(Cc3ccc(F)cc3)c(=O)c2c1C(=O)NCCN1CCOCC1. The van der Waals surface area contributed by atoms with Crippen LogP contribution < -0.4 is 10.9 Å². The Morgan fingerprint density at radius 3 is 2.67 bits per heavy atom. The lowest BCUT2D eigenvalue weighted by molar-refractivity contribution is 0.0383. The van der Waals surface area contributed by atoms with E-state index in [1.165, 1.54) is 23.5 Å². The molecule has 3 aromatic rings. The van der Waals surface area contributed by atoms with Crippen LogP contribution in [-0.2, 0) is 11.3 Å². The van der Waals surface area contributed by atoms with Gasteiger partial charge >= 0.3 is 0 Å². The molecule has 1 aromatic carbocycles. The van der Waals surface area contributed by atoms with Gasteiger partial charge in [-0.2, -0.15) is 0 Å². The van der Waals surface area contributed by atoms with Crippen LogP contribution >= 0.6 is 11.3 Å². The number of pyridine rings is 1.